The molecule has 1 heterocycles. The first kappa shape index (κ1) is 17.9. The first-order valence-corrected chi connectivity index (χ1v) is 8.20. The van der Waals surface area contributed by atoms with Crippen LogP contribution in [0.15, 0.2) is 30.3 Å². The molecule has 0 aliphatic carbocycles. The number of nitro groups is 1. The van der Waals surface area contributed by atoms with Gasteiger partial charge in [-0.3, -0.25) is 14.9 Å². The Bertz CT molecular complexity index is 715. The molecule has 0 fully saturated rings. The Labute approximate surface area is 142 Å². The van der Waals surface area contributed by atoms with Crippen molar-refractivity contribution in [1.82, 2.24) is 5.32 Å². The van der Waals surface area contributed by atoms with Crippen LogP contribution in [-0.2, 0) is 0 Å². The van der Waals surface area contributed by atoms with E-state index in [0.29, 0.717) is 35.1 Å². The fourth-order valence-electron chi connectivity index (χ4n) is 2.00. The van der Waals surface area contributed by atoms with Gasteiger partial charge in [0.05, 0.1) is 21.3 Å². The molecule has 24 heavy (non-hydrogen) atoms. The number of amides is 1. The van der Waals surface area contributed by atoms with Crippen LogP contribution in [0.3, 0.4) is 0 Å². The van der Waals surface area contributed by atoms with Gasteiger partial charge in [0.2, 0.25) is 0 Å². The summed E-state index contributed by atoms with van der Waals surface area (Å²) in [6.07, 6.45) is 1.43. The number of aryl methyl sites for hydroxylation is 1. The van der Waals surface area contributed by atoms with Gasteiger partial charge < -0.3 is 10.1 Å². The molecule has 0 bridgehead atoms. The second kappa shape index (κ2) is 8.39. The third kappa shape index (κ3) is 5.02. The molecule has 0 radical (unpaired) electrons. The van der Waals surface area contributed by atoms with Gasteiger partial charge in [0.25, 0.3) is 11.6 Å². The van der Waals surface area contributed by atoms with Crippen LogP contribution in [0.5, 0.6) is 5.75 Å². The predicted octanol–water partition coefficient (Wildman–Crippen LogP) is 3.69. The van der Waals surface area contributed by atoms with Crippen LogP contribution in [0.1, 0.15) is 27.4 Å². The van der Waals surface area contributed by atoms with Crippen molar-refractivity contribution in [1.29, 1.82) is 0 Å². The maximum Gasteiger partial charge on any atom is 0.283 e. The Balaban J connectivity index is 1.67. The van der Waals surface area contributed by atoms with Crippen LogP contribution in [0, 0.1) is 22.9 Å². The summed E-state index contributed by atoms with van der Waals surface area (Å²) in [6.45, 7) is 2.54. The molecule has 1 amide bonds. The van der Waals surface area contributed by atoms with Crippen molar-refractivity contribution in [2.24, 2.45) is 0 Å². The molecular weight excluding hydrogens is 335 g/mol. The molecule has 0 saturated heterocycles. The minimum atomic E-state index is -0.491. The number of nitrogens with zero attached hydrogens (tertiary/aromatic N) is 1. The molecular formula is C16H17FN2O4S. The van der Waals surface area contributed by atoms with Gasteiger partial charge >= 0.3 is 0 Å². The lowest BCUT2D eigenvalue weighted by Crippen LogP contribution is -2.23. The summed E-state index contributed by atoms with van der Waals surface area (Å²) >= 11 is 1.11. The highest BCUT2D eigenvalue weighted by Crippen LogP contribution is 2.27. The number of hydrogen-bond donors (Lipinski definition) is 1. The van der Waals surface area contributed by atoms with Gasteiger partial charge in [-0.15, -0.1) is 11.3 Å². The average molecular weight is 352 g/mol. The van der Waals surface area contributed by atoms with E-state index in [1.807, 2.05) is 0 Å². The number of carbonyl (C=O) groups excluding carboxylic acids is 1. The van der Waals surface area contributed by atoms with E-state index in [-0.39, 0.29) is 17.4 Å². The van der Waals surface area contributed by atoms with Crippen LogP contribution >= 0.6 is 11.3 Å². The molecule has 1 N–H and O–H groups in total. The number of nitrogens with one attached hydrogen (secondary N) is 1. The van der Waals surface area contributed by atoms with E-state index in [2.05, 4.69) is 5.32 Å². The lowest BCUT2D eigenvalue weighted by Gasteiger charge is -2.06. The van der Waals surface area contributed by atoms with E-state index in [4.69, 9.17) is 4.74 Å². The molecule has 6 nitrogen and oxygen atoms in total. The molecule has 0 aliphatic rings. The zero-order valence-electron chi connectivity index (χ0n) is 13.1. The first-order valence-electron chi connectivity index (χ1n) is 7.39. The molecule has 8 heteroatoms. The zero-order valence-corrected chi connectivity index (χ0v) is 13.9. The van der Waals surface area contributed by atoms with Crippen molar-refractivity contribution in [2.45, 2.75) is 19.8 Å². The summed E-state index contributed by atoms with van der Waals surface area (Å²) < 4.78 is 18.2. The Kier molecular flexibility index (Phi) is 6.25. The molecule has 2 aromatic rings. The molecule has 0 aliphatic heterocycles. The smallest absolute Gasteiger partial charge is 0.283 e. The maximum absolute atomic E-state index is 12.7. The number of halogens is 1. The third-order valence-electron chi connectivity index (χ3n) is 3.25. The van der Waals surface area contributed by atoms with Gasteiger partial charge in [-0.05, 0) is 44.0 Å². The van der Waals surface area contributed by atoms with E-state index in [1.54, 1.807) is 19.1 Å². The van der Waals surface area contributed by atoms with E-state index in [0.717, 1.165) is 17.8 Å². The molecule has 2 rings (SSSR count). The van der Waals surface area contributed by atoms with Crippen LogP contribution < -0.4 is 10.1 Å². The summed E-state index contributed by atoms with van der Waals surface area (Å²) in [5.41, 5.74) is -0.0298. The Hall–Kier alpha value is -2.48. The van der Waals surface area contributed by atoms with Gasteiger partial charge in [0, 0.05) is 12.6 Å². The van der Waals surface area contributed by atoms with E-state index in [1.165, 1.54) is 18.2 Å². The number of thiophene rings is 1. The van der Waals surface area contributed by atoms with Crippen molar-refractivity contribution < 1.29 is 18.8 Å². The maximum atomic E-state index is 12.7. The molecule has 128 valence electrons. The fraction of sp³-hybridized carbons (Fsp3) is 0.312. The molecule has 0 saturated carbocycles. The lowest BCUT2D eigenvalue weighted by atomic mass is 10.3. The second-order valence-corrected chi connectivity index (χ2v) is 6.33. The van der Waals surface area contributed by atoms with Gasteiger partial charge in [-0.1, -0.05) is 0 Å². The summed E-state index contributed by atoms with van der Waals surface area (Å²) in [5, 5.41) is 13.5. The lowest BCUT2D eigenvalue weighted by molar-refractivity contribution is -0.385. The predicted molar refractivity (Wildman–Crippen MR) is 89.2 cm³/mol. The van der Waals surface area contributed by atoms with Crippen LogP contribution in [0.2, 0.25) is 0 Å². The Morgan fingerprint density at radius 3 is 2.67 bits per heavy atom. The summed E-state index contributed by atoms with van der Waals surface area (Å²) in [4.78, 5) is 23.1. The van der Waals surface area contributed by atoms with Crippen LogP contribution in [0.4, 0.5) is 10.1 Å². The summed E-state index contributed by atoms with van der Waals surface area (Å²) in [7, 11) is 0. The third-order valence-corrected chi connectivity index (χ3v) is 4.29. The van der Waals surface area contributed by atoms with E-state index in [9.17, 15) is 19.3 Å². The highest BCUT2D eigenvalue weighted by Gasteiger charge is 2.19. The van der Waals surface area contributed by atoms with Crippen molar-refractivity contribution in [3.63, 3.8) is 0 Å². The van der Waals surface area contributed by atoms with Crippen LogP contribution in [-0.4, -0.2) is 24.0 Å². The minimum Gasteiger partial charge on any atom is -0.494 e. The fourth-order valence-corrected chi connectivity index (χ4v) is 2.91. The molecule has 1 aromatic heterocycles. The summed E-state index contributed by atoms with van der Waals surface area (Å²) in [6, 6.07) is 7.08. The Morgan fingerprint density at radius 1 is 1.33 bits per heavy atom. The minimum absolute atomic E-state index is 0.0298. The number of benzene rings is 1. The van der Waals surface area contributed by atoms with Crippen LogP contribution in [0.25, 0.3) is 0 Å². The van der Waals surface area contributed by atoms with Crippen molar-refractivity contribution >= 4 is 22.9 Å². The van der Waals surface area contributed by atoms with Gasteiger partial charge in [0.1, 0.15) is 11.6 Å². The number of rotatable bonds is 8. The molecule has 0 spiro atoms. The van der Waals surface area contributed by atoms with Crippen molar-refractivity contribution in [3.05, 3.63) is 56.0 Å². The number of ether oxygens (including phenoxy) is 1. The first-order chi connectivity index (χ1) is 11.5. The highest BCUT2D eigenvalue weighted by molar-refractivity contribution is 7.14. The van der Waals surface area contributed by atoms with Gasteiger partial charge in [-0.2, -0.15) is 0 Å². The number of unbranched alkanes of at least 4 members (excludes halogenated alkanes) is 1. The topological polar surface area (TPSA) is 81.5 Å². The van der Waals surface area contributed by atoms with Crippen molar-refractivity contribution in [3.8, 4) is 5.75 Å². The van der Waals surface area contributed by atoms with E-state index < -0.39 is 4.92 Å². The monoisotopic (exact) mass is 352 g/mol. The largest absolute Gasteiger partial charge is 0.494 e. The Morgan fingerprint density at radius 2 is 2.04 bits per heavy atom. The van der Waals surface area contributed by atoms with E-state index >= 15 is 0 Å². The SMILES string of the molecule is Cc1sc(C(=O)NCCCCOc2ccc(F)cc2)cc1[N+](=O)[O-]. The molecule has 0 atom stereocenters. The summed E-state index contributed by atoms with van der Waals surface area (Å²) in [5.74, 6) is -0.0217. The van der Waals surface area contributed by atoms with Gasteiger partial charge in [-0.25, -0.2) is 4.39 Å². The second-order valence-electron chi connectivity index (χ2n) is 5.07. The average Bonchev–Trinajstić information content (AvgIpc) is 2.94. The van der Waals surface area contributed by atoms with Crippen molar-refractivity contribution in [2.75, 3.05) is 13.2 Å². The zero-order chi connectivity index (χ0) is 17.5. The standard InChI is InChI=1S/C16H17FN2O4S/c1-11-14(19(21)22)10-15(24-11)16(20)18-8-2-3-9-23-13-6-4-12(17)5-7-13/h4-7,10H,2-3,8-9H2,1H3,(H,18,20). The quantitative estimate of drug-likeness (QED) is 0.446. The normalized spacial score (nSPS) is 10.4. The van der Waals surface area contributed by atoms with Gasteiger partial charge in [0.15, 0.2) is 0 Å². The molecule has 0 unspecified atom stereocenters. The number of carbonyl (C=O) groups is 1. The highest BCUT2D eigenvalue weighted by atomic mass is 32.1. The molecule has 1 aromatic carbocycles. The number of hydrogen-bond acceptors (Lipinski definition) is 5.